The molecule has 174 valence electrons. The molecule has 0 amide bonds. The number of nitrogens with two attached hydrogens (primary N) is 1. The molecule has 0 radical (unpaired) electrons. The Bertz CT molecular complexity index is 1130. The first-order chi connectivity index (χ1) is 15.9. The smallest absolute Gasteiger partial charge is 0.151 e. The molecule has 1 aromatic carbocycles. The monoisotopic (exact) mass is 489 g/mol. The standard InChI is InChI=1S/C22H25ClFN7OS/c1-2-19(30-9-11-31(12-10-30)20-7-6-18(23)28-29-20)27-17-8-13-33(32)21(17)22(25)26-16-5-3-4-15(24)14-16/h3-7,14H,2,8-13H2,1H3,(H2,25,26). The molecule has 1 aromatic heterocycles. The molecule has 2 aromatic rings. The van der Waals surface area contributed by atoms with E-state index in [0.717, 1.165) is 44.3 Å². The van der Waals surface area contributed by atoms with E-state index in [9.17, 15) is 8.60 Å². The number of rotatable bonds is 5. The Kier molecular flexibility index (Phi) is 7.34. The SMILES string of the molecule is CCC(=NC1=C(C(N)=Nc2cccc(F)c2)S(=O)CC1)N1CCN(c2ccc(Cl)nn2)CC1. The van der Waals surface area contributed by atoms with Crippen LogP contribution >= 0.6 is 11.6 Å². The second-order valence-electron chi connectivity index (χ2n) is 7.62. The minimum absolute atomic E-state index is 0.122. The molecule has 0 bridgehead atoms. The molecule has 0 spiro atoms. The average molecular weight is 490 g/mol. The molecule has 4 rings (SSSR count). The summed E-state index contributed by atoms with van der Waals surface area (Å²) in [5.74, 6) is 1.89. The van der Waals surface area contributed by atoms with Crippen molar-refractivity contribution in [2.75, 3.05) is 36.8 Å². The number of nitrogens with zero attached hydrogens (tertiary/aromatic N) is 6. The molecular weight excluding hydrogens is 465 g/mol. The van der Waals surface area contributed by atoms with Crippen LogP contribution in [-0.4, -0.2) is 62.9 Å². The van der Waals surface area contributed by atoms with Gasteiger partial charge in [0, 0.05) is 44.8 Å². The van der Waals surface area contributed by atoms with Gasteiger partial charge < -0.3 is 15.5 Å². The first-order valence-electron chi connectivity index (χ1n) is 10.7. The lowest BCUT2D eigenvalue weighted by atomic mass is 10.2. The maximum Gasteiger partial charge on any atom is 0.151 e. The van der Waals surface area contributed by atoms with E-state index >= 15 is 0 Å². The summed E-state index contributed by atoms with van der Waals surface area (Å²) < 4.78 is 26.2. The van der Waals surface area contributed by atoms with Gasteiger partial charge in [0.05, 0.1) is 22.2 Å². The zero-order valence-electron chi connectivity index (χ0n) is 18.2. The first-order valence-corrected chi connectivity index (χ1v) is 12.4. The van der Waals surface area contributed by atoms with Crippen LogP contribution in [0.5, 0.6) is 0 Å². The normalized spacial score (nSPS) is 20.0. The summed E-state index contributed by atoms with van der Waals surface area (Å²) in [5.41, 5.74) is 7.26. The fourth-order valence-corrected chi connectivity index (χ4v) is 5.22. The van der Waals surface area contributed by atoms with Crippen LogP contribution in [0.3, 0.4) is 0 Å². The summed E-state index contributed by atoms with van der Waals surface area (Å²) in [6.45, 7) is 5.14. The second kappa shape index (κ2) is 10.4. The third kappa shape index (κ3) is 5.56. The van der Waals surface area contributed by atoms with Crippen molar-refractivity contribution in [3.63, 3.8) is 0 Å². The van der Waals surface area contributed by atoms with E-state index in [1.807, 2.05) is 13.0 Å². The summed E-state index contributed by atoms with van der Waals surface area (Å²) >= 11 is 5.84. The lowest BCUT2D eigenvalue weighted by Gasteiger charge is -2.36. The Labute approximate surface area is 199 Å². The number of halogens is 2. The molecule has 33 heavy (non-hydrogen) atoms. The van der Waals surface area contributed by atoms with Crippen LogP contribution in [0.4, 0.5) is 15.9 Å². The van der Waals surface area contributed by atoms with Gasteiger partial charge in [-0.1, -0.05) is 24.6 Å². The van der Waals surface area contributed by atoms with Crippen LogP contribution < -0.4 is 10.6 Å². The van der Waals surface area contributed by atoms with Crippen LogP contribution in [0.2, 0.25) is 5.15 Å². The highest BCUT2D eigenvalue weighted by atomic mass is 35.5. The van der Waals surface area contributed by atoms with Gasteiger partial charge >= 0.3 is 0 Å². The quantitative estimate of drug-likeness (QED) is 0.511. The highest BCUT2D eigenvalue weighted by Gasteiger charge is 2.27. The number of allylic oxidation sites excluding steroid dienone is 1. The Morgan fingerprint density at radius 1 is 1.18 bits per heavy atom. The van der Waals surface area contributed by atoms with E-state index in [2.05, 4.69) is 25.0 Å². The fourth-order valence-electron chi connectivity index (χ4n) is 3.84. The number of hydrogen-bond acceptors (Lipinski definition) is 6. The summed E-state index contributed by atoms with van der Waals surface area (Å²) in [7, 11) is -1.29. The van der Waals surface area contributed by atoms with Gasteiger partial charge in [0.25, 0.3) is 0 Å². The zero-order valence-corrected chi connectivity index (χ0v) is 19.8. The maximum absolute atomic E-state index is 13.5. The summed E-state index contributed by atoms with van der Waals surface area (Å²) in [5, 5.41) is 8.44. The third-order valence-corrected chi connectivity index (χ3v) is 7.15. The molecule has 2 aliphatic heterocycles. The van der Waals surface area contributed by atoms with Gasteiger partial charge in [-0.2, -0.15) is 0 Å². The van der Waals surface area contributed by atoms with Crippen molar-refractivity contribution < 1.29 is 8.60 Å². The van der Waals surface area contributed by atoms with Crippen LogP contribution in [0.15, 0.2) is 57.0 Å². The summed E-state index contributed by atoms with van der Waals surface area (Å²) in [6.07, 6.45) is 1.29. The number of aromatic nitrogens is 2. The van der Waals surface area contributed by atoms with Gasteiger partial charge in [-0.15, -0.1) is 10.2 Å². The molecule has 1 unspecified atom stereocenters. The molecule has 2 N–H and O–H groups in total. The van der Waals surface area contributed by atoms with Gasteiger partial charge in [0.15, 0.2) is 11.0 Å². The number of benzene rings is 1. The molecule has 1 fully saturated rings. The Balaban J connectivity index is 1.53. The lowest BCUT2D eigenvalue weighted by Crippen LogP contribution is -2.49. The number of piperazine rings is 1. The van der Waals surface area contributed by atoms with E-state index in [-0.39, 0.29) is 5.84 Å². The fraction of sp³-hybridized carbons (Fsp3) is 0.364. The van der Waals surface area contributed by atoms with Crippen molar-refractivity contribution in [1.29, 1.82) is 0 Å². The minimum atomic E-state index is -1.29. The molecule has 2 aliphatic rings. The summed E-state index contributed by atoms with van der Waals surface area (Å²) in [6, 6.07) is 9.44. The second-order valence-corrected chi connectivity index (χ2v) is 9.52. The van der Waals surface area contributed by atoms with Gasteiger partial charge in [0.1, 0.15) is 22.4 Å². The van der Waals surface area contributed by atoms with Crippen molar-refractivity contribution >= 4 is 45.6 Å². The highest BCUT2D eigenvalue weighted by Crippen LogP contribution is 2.26. The molecule has 1 atom stereocenters. The molecule has 0 aliphatic carbocycles. The molecule has 1 saturated heterocycles. The average Bonchev–Trinajstić information content (AvgIpc) is 3.18. The van der Waals surface area contributed by atoms with Crippen molar-refractivity contribution in [2.24, 2.45) is 15.7 Å². The molecule has 8 nitrogen and oxygen atoms in total. The van der Waals surface area contributed by atoms with Gasteiger partial charge in [-0.3, -0.25) is 4.21 Å². The van der Waals surface area contributed by atoms with Crippen molar-refractivity contribution in [1.82, 2.24) is 15.1 Å². The Morgan fingerprint density at radius 2 is 1.97 bits per heavy atom. The molecule has 0 saturated carbocycles. The predicted molar refractivity (Wildman–Crippen MR) is 131 cm³/mol. The van der Waals surface area contributed by atoms with Gasteiger partial charge in [0.2, 0.25) is 0 Å². The first kappa shape index (κ1) is 23.3. The van der Waals surface area contributed by atoms with Crippen LogP contribution in [0.25, 0.3) is 0 Å². The van der Waals surface area contributed by atoms with Crippen LogP contribution in [0.1, 0.15) is 19.8 Å². The van der Waals surface area contributed by atoms with Crippen molar-refractivity contribution in [2.45, 2.75) is 19.8 Å². The molecular formula is C22H25ClFN7OS. The number of amidine groups is 2. The van der Waals surface area contributed by atoms with Crippen LogP contribution in [-0.2, 0) is 10.8 Å². The third-order valence-electron chi connectivity index (χ3n) is 5.47. The van der Waals surface area contributed by atoms with E-state index in [1.165, 1.54) is 12.1 Å². The number of hydrogen-bond donors (Lipinski definition) is 1. The van der Waals surface area contributed by atoms with Crippen molar-refractivity contribution in [3.8, 4) is 0 Å². The largest absolute Gasteiger partial charge is 0.383 e. The zero-order chi connectivity index (χ0) is 23.4. The van der Waals surface area contributed by atoms with Crippen LogP contribution in [0, 0.1) is 5.82 Å². The van der Waals surface area contributed by atoms with Crippen molar-refractivity contribution in [3.05, 3.63) is 58.0 Å². The predicted octanol–water partition coefficient (Wildman–Crippen LogP) is 3.25. The number of anilines is 1. The van der Waals surface area contributed by atoms with Gasteiger partial charge in [-0.05, 0) is 30.3 Å². The van der Waals surface area contributed by atoms with E-state index in [0.29, 0.717) is 33.6 Å². The minimum Gasteiger partial charge on any atom is -0.383 e. The molecule has 11 heteroatoms. The Morgan fingerprint density at radius 3 is 2.64 bits per heavy atom. The number of aliphatic imine (C=N–C) groups is 2. The topological polar surface area (TPSA) is 100 Å². The van der Waals surface area contributed by atoms with E-state index < -0.39 is 16.6 Å². The summed E-state index contributed by atoms with van der Waals surface area (Å²) in [4.78, 5) is 14.0. The Hall–Kier alpha value is -2.85. The van der Waals surface area contributed by atoms with E-state index in [1.54, 1.807) is 18.2 Å². The highest BCUT2D eigenvalue weighted by molar-refractivity contribution is 7.90. The van der Waals surface area contributed by atoms with E-state index in [4.69, 9.17) is 22.3 Å². The maximum atomic E-state index is 13.5. The lowest BCUT2D eigenvalue weighted by molar-refractivity contribution is 0.378. The van der Waals surface area contributed by atoms with Gasteiger partial charge in [-0.25, -0.2) is 14.4 Å². The molecule has 3 heterocycles.